The summed E-state index contributed by atoms with van der Waals surface area (Å²) in [6.45, 7) is 0.647. The maximum atomic E-state index is 5.76. The molecule has 5 nitrogen and oxygen atoms in total. The fourth-order valence-corrected chi connectivity index (χ4v) is 2.12. The summed E-state index contributed by atoms with van der Waals surface area (Å²) in [5.41, 5.74) is 8.37. The molecule has 0 unspecified atom stereocenters. The number of benzene rings is 1. The molecule has 2 N–H and O–H groups in total. The van der Waals surface area contributed by atoms with E-state index in [4.69, 9.17) is 19.9 Å². The summed E-state index contributed by atoms with van der Waals surface area (Å²) in [5, 5.41) is 0. The molecule has 0 radical (unpaired) electrons. The van der Waals surface area contributed by atoms with E-state index in [9.17, 15) is 0 Å². The van der Waals surface area contributed by atoms with Gasteiger partial charge < -0.3 is 19.9 Å². The molecule has 20 heavy (non-hydrogen) atoms. The lowest BCUT2D eigenvalue weighted by atomic mass is 10.0. The van der Waals surface area contributed by atoms with E-state index < -0.39 is 0 Å². The summed E-state index contributed by atoms with van der Waals surface area (Å²) >= 11 is 0. The first kappa shape index (κ1) is 14.4. The Labute approximate surface area is 123 Å². The molecule has 0 saturated heterocycles. The highest BCUT2D eigenvalue weighted by molar-refractivity contribution is 5.85. The molecular weight excluding hydrogens is 280 g/mol. The molecule has 2 aromatic rings. The first-order valence-corrected chi connectivity index (χ1v) is 5.95. The van der Waals surface area contributed by atoms with Crippen molar-refractivity contribution in [3.8, 4) is 28.5 Å². The summed E-state index contributed by atoms with van der Waals surface area (Å²) in [4.78, 5) is 4.40. The van der Waals surface area contributed by atoms with Crippen LogP contribution in [0.5, 0.6) is 17.2 Å². The Morgan fingerprint density at radius 3 is 2.75 bits per heavy atom. The number of aromatic nitrogens is 1. The second-order valence-electron chi connectivity index (χ2n) is 4.12. The first-order chi connectivity index (χ1) is 9.33. The third-order valence-electron chi connectivity index (χ3n) is 3.06. The van der Waals surface area contributed by atoms with Crippen molar-refractivity contribution in [2.24, 2.45) is 5.73 Å². The van der Waals surface area contributed by atoms with Crippen molar-refractivity contribution < 1.29 is 14.2 Å². The van der Waals surface area contributed by atoms with Crippen molar-refractivity contribution in [2.45, 2.75) is 6.54 Å². The normalized spacial score (nSPS) is 11.9. The predicted octanol–water partition coefficient (Wildman–Crippen LogP) is 2.37. The van der Waals surface area contributed by atoms with E-state index in [0.717, 1.165) is 16.8 Å². The van der Waals surface area contributed by atoms with Gasteiger partial charge in [0.1, 0.15) is 5.75 Å². The Morgan fingerprint density at radius 2 is 2.05 bits per heavy atom. The number of hydrogen-bond acceptors (Lipinski definition) is 5. The number of nitrogens with two attached hydrogens (primary N) is 1. The largest absolute Gasteiger partial charge is 0.496 e. The van der Waals surface area contributed by atoms with Gasteiger partial charge in [-0.15, -0.1) is 12.4 Å². The molecule has 6 heteroatoms. The van der Waals surface area contributed by atoms with Crippen LogP contribution in [0.3, 0.4) is 0 Å². The Morgan fingerprint density at radius 1 is 1.30 bits per heavy atom. The van der Waals surface area contributed by atoms with Crippen LogP contribution in [-0.4, -0.2) is 18.9 Å². The number of fused-ring (bicyclic) bond motifs is 1. The van der Waals surface area contributed by atoms with Gasteiger partial charge in [-0.1, -0.05) is 6.07 Å². The van der Waals surface area contributed by atoms with Crippen LogP contribution < -0.4 is 19.9 Å². The predicted molar refractivity (Wildman–Crippen MR) is 77.5 cm³/mol. The molecule has 0 spiro atoms. The van der Waals surface area contributed by atoms with E-state index in [-0.39, 0.29) is 19.2 Å². The van der Waals surface area contributed by atoms with Crippen molar-refractivity contribution in [2.75, 3.05) is 13.9 Å². The van der Waals surface area contributed by atoms with E-state index in [1.165, 1.54) is 0 Å². The molecule has 106 valence electrons. The zero-order valence-corrected chi connectivity index (χ0v) is 11.8. The van der Waals surface area contributed by atoms with Crippen LogP contribution in [0, 0.1) is 0 Å². The standard InChI is InChI=1S/C14H14N2O3.ClH/c1-17-11-6-13-12(18-8-19-13)5-10(11)14-9(7-15)3-2-4-16-14;/h2-6H,7-8,15H2,1H3;1H. The molecular formula is C14H15ClN2O3. The Kier molecular flexibility index (Phi) is 4.32. The number of rotatable bonds is 3. The van der Waals surface area contributed by atoms with Crippen LogP contribution >= 0.6 is 12.4 Å². The van der Waals surface area contributed by atoms with Crippen LogP contribution in [0.2, 0.25) is 0 Å². The minimum Gasteiger partial charge on any atom is -0.496 e. The highest BCUT2D eigenvalue weighted by Gasteiger charge is 2.20. The minimum atomic E-state index is 0. The molecule has 1 aromatic carbocycles. The molecule has 1 aromatic heterocycles. The molecule has 2 heterocycles. The summed E-state index contributed by atoms with van der Waals surface area (Å²) in [6.07, 6.45) is 1.73. The van der Waals surface area contributed by atoms with Gasteiger partial charge in [0, 0.05) is 24.4 Å². The molecule has 0 aliphatic carbocycles. The fraction of sp³-hybridized carbons (Fsp3) is 0.214. The van der Waals surface area contributed by atoms with E-state index >= 15 is 0 Å². The fourth-order valence-electron chi connectivity index (χ4n) is 2.12. The van der Waals surface area contributed by atoms with Crippen molar-refractivity contribution in [1.29, 1.82) is 0 Å². The Balaban J connectivity index is 0.00000147. The average molecular weight is 295 g/mol. The number of methoxy groups -OCH3 is 1. The van der Waals surface area contributed by atoms with Gasteiger partial charge in [0.2, 0.25) is 6.79 Å². The molecule has 3 rings (SSSR count). The number of halogens is 1. The van der Waals surface area contributed by atoms with Crippen molar-refractivity contribution in [3.63, 3.8) is 0 Å². The Hall–Kier alpha value is -1.98. The first-order valence-electron chi connectivity index (χ1n) is 5.95. The topological polar surface area (TPSA) is 66.6 Å². The van der Waals surface area contributed by atoms with Gasteiger partial charge in [0.25, 0.3) is 0 Å². The van der Waals surface area contributed by atoms with Gasteiger partial charge in [-0.25, -0.2) is 0 Å². The smallest absolute Gasteiger partial charge is 0.231 e. The zero-order valence-electron chi connectivity index (χ0n) is 11.0. The summed E-state index contributed by atoms with van der Waals surface area (Å²) in [6, 6.07) is 7.51. The van der Waals surface area contributed by atoms with Crippen LogP contribution in [0.1, 0.15) is 5.56 Å². The Bertz CT molecular complexity index is 619. The van der Waals surface area contributed by atoms with Crippen molar-refractivity contribution in [3.05, 3.63) is 36.0 Å². The minimum absolute atomic E-state index is 0. The third kappa shape index (κ3) is 2.37. The van der Waals surface area contributed by atoms with Gasteiger partial charge in [-0.3, -0.25) is 4.98 Å². The van der Waals surface area contributed by atoms with E-state index in [0.29, 0.717) is 23.8 Å². The van der Waals surface area contributed by atoms with Crippen molar-refractivity contribution >= 4 is 12.4 Å². The SMILES string of the molecule is COc1cc2c(cc1-c1ncccc1CN)OCO2.Cl. The maximum Gasteiger partial charge on any atom is 0.231 e. The van der Waals surface area contributed by atoms with E-state index in [1.807, 2.05) is 24.3 Å². The molecule has 0 fully saturated rings. The highest BCUT2D eigenvalue weighted by atomic mass is 35.5. The monoisotopic (exact) mass is 294 g/mol. The molecule has 0 atom stereocenters. The van der Waals surface area contributed by atoms with Crippen molar-refractivity contribution in [1.82, 2.24) is 4.98 Å². The third-order valence-corrected chi connectivity index (χ3v) is 3.06. The van der Waals surface area contributed by atoms with E-state index in [1.54, 1.807) is 13.3 Å². The summed E-state index contributed by atoms with van der Waals surface area (Å²) in [5.74, 6) is 2.08. The molecule has 1 aliphatic heterocycles. The lowest BCUT2D eigenvalue weighted by molar-refractivity contribution is 0.174. The second kappa shape index (κ2) is 5.98. The lowest BCUT2D eigenvalue weighted by Crippen LogP contribution is -2.01. The number of pyridine rings is 1. The zero-order chi connectivity index (χ0) is 13.2. The molecule has 0 amide bonds. The summed E-state index contributed by atoms with van der Waals surface area (Å²) in [7, 11) is 1.62. The van der Waals surface area contributed by atoms with Crippen LogP contribution in [-0.2, 0) is 6.54 Å². The average Bonchev–Trinajstić information content (AvgIpc) is 2.93. The number of hydrogen-bond donors (Lipinski definition) is 1. The van der Waals surface area contributed by atoms with Crippen LogP contribution in [0.4, 0.5) is 0 Å². The van der Waals surface area contributed by atoms with Crippen LogP contribution in [0.25, 0.3) is 11.3 Å². The van der Waals surface area contributed by atoms with Gasteiger partial charge in [0.05, 0.1) is 12.8 Å². The molecule has 1 aliphatic rings. The molecule has 0 saturated carbocycles. The van der Waals surface area contributed by atoms with Gasteiger partial charge in [-0.05, 0) is 17.7 Å². The number of nitrogens with zero attached hydrogens (tertiary/aromatic N) is 1. The number of ether oxygens (including phenoxy) is 3. The van der Waals surface area contributed by atoms with Gasteiger partial charge in [-0.2, -0.15) is 0 Å². The highest BCUT2D eigenvalue weighted by Crippen LogP contribution is 2.42. The van der Waals surface area contributed by atoms with Gasteiger partial charge >= 0.3 is 0 Å². The second-order valence-corrected chi connectivity index (χ2v) is 4.12. The molecule has 0 bridgehead atoms. The summed E-state index contributed by atoms with van der Waals surface area (Å²) < 4.78 is 16.1. The lowest BCUT2D eigenvalue weighted by Gasteiger charge is -2.12. The van der Waals surface area contributed by atoms with E-state index in [2.05, 4.69) is 4.98 Å². The maximum absolute atomic E-state index is 5.76. The van der Waals surface area contributed by atoms with Crippen LogP contribution in [0.15, 0.2) is 30.5 Å². The van der Waals surface area contributed by atoms with Gasteiger partial charge in [0.15, 0.2) is 11.5 Å². The quantitative estimate of drug-likeness (QED) is 0.941.